The van der Waals surface area contributed by atoms with Gasteiger partial charge in [0.1, 0.15) is 5.75 Å². The molecule has 0 aliphatic carbocycles. The van der Waals surface area contributed by atoms with E-state index in [4.69, 9.17) is 41.7 Å². The standard InChI is InChI=1S/C19H21Cl2O6P/c1-3-25-28(23,26-4-2)19(14-8-6-5-7-9-14)27-18(22)13-24-17-11-10-15(20)12-16(17)21/h5-12,19H,3-4,13H2,1-2H3. The van der Waals surface area contributed by atoms with Crippen molar-refractivity contribution in [1.82, 2.24) is 0 Å². The Kier molecular flexibility index (Phi) is 8.80. The van der Waals surface area contributed by atoms with E-state index in [2.05, 4.69) is 0 Å². The first-order valence-electron chi connectivity index (χ1n) is 8.60. The third-order valence-electron chi connectivity index (χ3n) is 3.47. The van der Waals surface area contributed by atoms with Gasteiger partial charge in [-0.2, -0.15) is 0 Å². The van der Waals surface area contributed by atoms with Gasteiger partial charge in [-0.15, -0.1) is 0 Å². The molecule has 0 aromatic heterocycles. The van der Waals surface area contributed by atoms with E-state index >= 15 is 0 Å². The van der Waals surface area contributed by atoms with Crippen LogP contribution in [0, 0.1) is 0 Å². The fraction of sp³-hybridized carbons (Fsp3) is 0.316. The van der Waals surface area contributed by atoms with Gasteiger partial charge in [0.15, 0.2) is 6.61 Å². The lowest BCUT2D eigenvalue weighted by Gasteiger charge is -2.26. The van der Waals surface area contributed by atoms with Crippen LogP contribution in [0.5, 0.6) is 5.75 Å². The number of halogens is 2. The molecule has 0 radical (unpaired) electrons. The highest BCUT2D eigenvalue weighted by molar-refractivity contribution is 7.54. The van der Waals surface area contributed by atoms with Crippen molar-refractivity contribution in [2.24, 2.45) is 0 Å². The number of ether oxygens (including phenoxy) is 2. The Morgan fingerprint density at radius 3 is 2.25 bits per heavy atom. The van der Waals surface area contributed by atoms with Crippen molar-refractivity contribution in [3.8, 4) is 5.75 Å². The van der Waals surface area contributed by atoms with Crippen LogP contribution in [-0.2, 0) is 23.1 Å². The van der Waals surface area contributed by atoms with Gasteiger partial charge < -0.3 is 18.5 Å². The maximum atomic E-state index is 13.2. The Bertz CT molecular complexity index is 820. The van der Waals surface area contributed by atoms with Crippen molar-refractivity contribution in [3.63, 3.8) is 0 Å². The molecule has 0 saturated carbocycles. The first-order chi connectivity index (χ1) is 13.4. The zero-order valence-electron chi connectivity index (χ0n) is 15.5. The first-order valence-corrected chi connectivity index (χ1v) is 11.0. The third-order valence-corrected chi connectivity index (χ3v) is 6.22. The minimum Gasteiger partial charge on any atom is -0.480 e. The predicted octanol–water partition coefficient (Wildman–Crippen LogP) is 5.88. The van der Waals surface area contributed by atoms with Crippen molar-refractivity contribution >= 4 is 36.8 Å². The predicted molar refractivity (Wildman–Crippen MR) is 108 cm³/mol. The monoisotopic (exact) mass is 446 g/mol. The fourth-order valence-corrected chi connectivity index (χ4v) is 4.66. The second-order valence-corrected chi connectivity index (χ2v) is 8.40. The van der Waals surface area contributed by atoms with Gasteiger partial charge in [0.25, 0.3) is 0 Å². The van der Waals surface area contributed by atoms with Crippen LogP contribution in [0.1, 0.15) is 25.3 Å². The lowest BCUT2D eigenvalue weighted by atomic mass is 10.2. The summed E-state index contributed by atoms with van der Waals surface area (Å²) in [5.74, 6) is -1.69. The minimum absolute atomic E-state index is 0.134. The molecular formula is C19H21Cl2O6P. The van der Waals surface area contributed by atoms with Gasteiger partial charge in [-0.1, -0.05) is 53.5 Å². The van der Waals surface area contributed by atoms with Crippen LogP contribution < -0.4 is 4.74 Å². The van der Waals surface area contributed by atoms with Gasteiger partial charge in [-0.25, -0.2) is 4.79 Å². The maximum absolute atomic E-state index is 13.2. The summed E-state index contributed by atoms with van der Waals surface area (Å²) in [6.07, 6.45) is 0. The number of hydrogen-bond acceptors (Lipinski definition) is 6. The van der Waals surface area contributed by atoms with E-state index in [1.165, 1.54) is 12.1 Å². The van der Waals surface area contributed by atoms with Crippen LogP contribution in [0.25, 0.3) is 0 Å². The molecule has 1 atom stereocenters. The molecule has 0 bridgehead atoms. The second-order valence-electron chi connectivity index (χ2n) is 5.49. The zero-order valence-corrected chi connectivity index (χ0v) is 17.9. The van der Waals surface area contributed by atoms with Crippen molar-refractivity contribution in [2.75, 3.05) is 19.8 Å². The largest absolute Gasteiger partial charge is 0.480 e. The molecule has 152 valence electrons. The summed E-state index contributed by atoms with van der Waals surface area (Å²) >= 11 is 11.9. The maximum Gasteiger partial charge on any atom is 0.375 e. The summed E-state index contributed by atoms with van der Waals surface area (Å²) in [6.45, 7) is 3.19. The Balaban J connectivity index is 2.17. The Labute approximate surface area is 174 Å². The molecule has 0 aliphatic rings. The topological polar surface area (TPSA) is 71.1 Å². The number of rotatable bonds is 10. The quantitative estimate of drug-likeness (QED) is 0.335. The van der Waals surface area contributed by atoms with Gasteiger partial charge in [-0.3, -0.25) is 4.57 Å². The molecule has 0 heterocycles. The van der Waals surface area contributed by atoms with Crippen molar-refractivity contribution in [3.05, 3.63) is 64.1 Å². The normalized spacial score (nSPS) is 12.4. The molecule has 1 unspecified atom stereocenters. The molecular weight excluding hydrogens is 426 g/mol. The molecule has 0 saturated heterocycles. The molecule has 9 heteroatoms. The number of carbonyl (C=O) groups excluding carboxylic acids is 1. The molecule has 2 rings (SSSR count). The molecule has 0 aliphatic heterocycles. The first kappa shape index (κ1) is 22.7. The fourth-order valence-electron chi connectivity index (χ4n) is 2.35. The van der Waals surface area contributed by atoms with Crippen molar-refractivity contribution < 1.29 is 27.9 Å². The molecule has 0 spiro atoms. The van der Waals surface area contributed by atoms with Crippen LogP contribution >= 0.6 is 30.8 Å². The number of hydrogen-bond donors (Lipinski definition) is 0. The molecule has 2 aromatic rings. The van der Waals surface area contributed by atoms with Gasteiger partial charge in [-0.05, 0) is 32.0 Å². The van der Waals surface area contributed by atoms with E-state index < -0.39 is 26.0 Å². The smallest absolute Gasteiger partial charge is 0.375 e. The van der Waals surface area contributed by atoms with Crippen LogP contribution in [0.15, 0.2) is 48.5 Å². The van der Waals surface area contributed by atoms with Crippen molar-refractivity contribution in [1.29, 1.82) is 0 Å². The number of carbonyl (C=O) groups is 1. The molecule has 6 nitrogen and oxygen atoms in total. The van der Waals surface area contributed by atoms with E-state index in [0.717, 1.165) is 0 Å². The van der Waals surface area contributed by atoms with Crippen LogP contribution in [0.2, 0.25) is 10.0 Å². The second kappa shape index (κ2) is 10.8. The lowest BCUT2D eigenvalue weighted by Crippen LogP contribution is -2.20. The van der Waals surface area contributed by atoms with Gasteiger partial charge in [0, 0.05) is 10.6 Å². The molecule has 0 N–H and O–H groups in total. The highest BCUT2D eigenvalue weighted by Crippen LogP contribution is 2.61. The van der Waals surface area contributed by atoms with Crippen LogP contribution in [0.3, 0.4) is 0 Å². The summed E-state index contributed by atoms with van der Waals surface area (Å²) in [7, 11) is -3.76. The van der Waals surface area contributed by atoms with Gasteiger partial charge >= 0.3 is 13.6 Å². The van der Waals surface area contributed by atoms with E-state index in [-0.39, 0.29) is 24.0 Å². The van der Waals surface area contributed by atoms with E-state index in [9.17, 15) is 9.36 Å². The number of benzene rings is 2. The summed E-state index contributed by atoms with van der Waals surface area (Å²) < 4.78 is 34.8. The Morgan fingerprint density at radius 1 is 1.04 bits per heavy atom. The Morgan fingerprint density at radius 2 is 1.68 bits per heavy atom. The number of esters is 1. The highest BCUT2D eigenvalue weighted by atomic mass is 35.5. The van der Waals surface area contributed by atoms with Crippen LogP contribution in [0.4, 0.5) is 0 Å². The Hall–Kier alpha value is -1.56. The van der Waals surface area contributed by atoms with E-state index in [1.807, 2.05) is 0 Å². The van der Waals surface area contributed by atoms with E-state index in [1.54, 1.807) is 50.2 Å². The SMILES string of the molecule is CCOP(=O)(OCC)C(OC(=O)COc1ccc(Cl)cc1Cl)c1ccccc1. The van der Waals surface area contributed by atoms with Gasteiger partial charge in [0.2, 0.25) is 5.85 Å². The average Bonchev–Trinajstić information content (AvgIpc) is 2.66. The van der Waals surface area contributed by atoms with Gasteiger partial charge in [0.05, 0.1) is 18.2 Å². The summed E-state index contributed by atoms with van der Waals surface area (Å²) in [5.41, 5.74) is 0.491. The highest BCUT2D eigenvalue weighted by Gasteiger charge is 2.40. The molecule has 0 amide bonds. The van der Waals surface area contributed by atoms with Crippen molar-refractivity contribution in [2.45, 2.75) is 19.7 Å². The summed E-state index contributed by atoms with van der Waals surface area (Å²) in [5, 5.41) is 0.702. The molecule has 0 fully saturated rings. The molecule has 2 aromatic carbocycles. The third kappa shape index (κ3) is 6.23. The van der Waals surface area contributed by atoms with Crippen LogP contribution in [-0.4, -0.2) is 25.8 Å². The van der Waals surface area contributed by atoms with E-state index in [0.29, 0.717) is 10.6 Å². The zero-order chi connectivity index (χ0) is 20.6. The minimum atomic E-state index is -3.76. The summed E-state index contributed by atoms with van der Waals surface area (Å²) in [6, 6.07) is 13.2. The average molecular weight is 447 g/mol. The molecule has 28 heavy (non-hydrogen) atoms. The lowest BCUT2D eigenvalue weighted by molar-refractivity contribution is -0.149. The summed E-state index contributed by atoms with van der Waals surface area (Å²) in [4.78, 5) is 12.4.